The average Bonchev–Trinajstić information content (AvgIpc) is 2.57. The molecule has 1 rings (SSSR count). The third kappa shape index (κ3) is 4.14. The molecule has 0 atom stereocenters. The van der Waals surface area contributed by atoms with Crippen molar-refractivity contribution in [2.75, 3.05) is 18.1 Å². The number of hydrogen-bond acceptors (Lipinski definition) is 3. The molecule has 1 aromatic heterocycles. The van der Waals surface area contributed by atoms with Crippen molar-refractivity contribution in [2.45, 2.75) is 13.5 Å². The molecule has 1 N–H and O–H groups in total. The zero-order valence-corrected chi connectivity index (χ0v) is 9.01. The van der Waals surface area contributed by atoms with E-state index in [4.69, 9.17) is 0 Å². The van der Waals surface area contributed by atoms with E-state index in [9.17, 15) is 0 Å². The first-order valence-corrected chi connectivity index (χ1v) is 6.32. The maximum atomic E-state index is 3.41. The second-order valence-corrected chi connectivity index (χ2v) is 4.68. The molecule has 0 spiro atoms. The minimum absolute atomic E-state index is 1.02. The molecule has 0 aliphatic carbocycles. The summed E-state index contributed by atoms with van der Waals surface area (Å²) in [5, 5.41) is 7.73. The summed E-state index contributed by atoms with van der Waals surface area (Å²) in [5.74, 6) is 2.45. The highest BCUT2D eigenvalue weighted by molar-refractivity contribution is 7.99. The monoisotopic (exact) mass is 201 g/mol. The van der Waals surface area contributed by atoms with Crippen molar-refractivity contribution in [3.63, 3.8) is 0 Å². The molecule has 68 valence electrons. The molecule has 0 radical (unpaired) electrons. The quantitative estimate of drug-likeness (QED) is 0.710. The number of rotatable bonds is 6. The van der Waals surface area contributed by atoms with E-state index >= 15 is 0 Å². The fraction of sp³-hybridized carbons (Fsp3) is 0.556. The molecular formula is C9H15NS2. The van der Waals surface area contributed by atoms with Gasteiger partial charge in [0, 0.05) is 18.8 Å². The molecule has 0 saturated heterocycles. The van der Waals surface area contributed by atoms with Gasteiger partial charge in [-0.1, -0.05) is 6.92 Å². The van der Waals surface area contributed by atoms with Crippen molar-refractivity contribution in [1.82, 2.24) is 5.32 Å². The van der Waals surface area contributed by atoms with Gasteiger partial charge in [0.2, 0.25) is 0 Å². The van der Waals surface area contributed by atoms with Gasteiger partial charge in [-0.2, -0.15) is 23.1 Å². The van der Waals surface area contributed by atoms with Crippen LogP contribution in [-0.4, -0.2) is 18.1 Å². The SMILES string of the molecule is CCSCCNCc1ccsc1. The van der Waals surface area contributed by atoms with Gasteiger partial charge in [0.15, 0.2) is 0 Å². The van der Waals surface area contributed by atoms with E-state index in [1.54, 1.807) is 11.3 Å². The topological polar surface area (TPSA) is 12.0 Å². The third-order valence-electron chi connectivity index (χ3n) is 1.54. The normalized spacial score (nSPS) is 10.4. The van der Waals surface area contributed by atoms with Gasteiger partial charge < -0.3 is 5.32 Å². The van der Waals surface area contributed by atoms with Crippen molar-refractivity contribution in [1.29, 1.82) is 0 Å². The van der Waals surface area contributed by atoms with Crippen LogP contribution in [0.25, 0.3) is 0 Å². The van der Waals surface area contributed by atoms with Gasteiger partial charge in [-0.3, -0.25) is 0 Å². The Balaban J connectivity index is 1.96. The Hall–Kier alpha value is 0.01000. The number of thiophene rings is 1. The predicted molar refractivity (Wildman–Crippen MR) is 59.0 cm³/mol. The molecule has 1 heterocycles. The van der Waals surface area contributed by atoms with Crippen LogP contribution in [0.1, 0.15) is 12.5 Å². The fourth-order valence-electron chi connectivity index (χ4n) is 0.915. The van der Waals surface area contributed by atoms with Crippen molar-refractivity contribution >= 4 is 23.1 Å². The van der Waals surface area contributed by atoms with Crippen molar-refractivity contribution in [3.8, 4) is 0 Å². The largest absolute Gasteiger partial charge is 0.312 e. The second-order valence-electron chi connectivity index (χ2n) is 2.51. The van der Waals surface area contributed by atoms with E-state index in [-0.39, 0.29) is 0 Å². The first kappa shape index (κ1) is 10.1. The van der Waals surface area contributed by atoms with Gasteiger partial charge in [0.05, 0.1) is 0 Å². The number of hydrogen-bond donors (Lipinski definition) is 1. The van der Waals surface area contributed by atoms with Crippen molar-refractivity contribution in [2.24, 2.45) is 0 Å². The molecule has 12 heavy (non-hydrogen) atoms. The molecule has 0 aliphatic rings. The summed E-state index contributed by atoms with van der Waals surface area (Å²) in [6, 6.07) is 2.17. The van der Waals surface area contributed by atoms with E-state index in [1.165, 1.54) is 17.1 Å². The van der Waals surface area contributed by atoms with Crippen LogP contribution >= 0.6 is 23.1 Å². The molecule has 0 bridgehead atoms. The summed E-state index contributed by atoms with van der Waals surface area (Å²) in [5.41, 5.74) is 1.40. The van der Waals surface area contributed by atoms with E-state index in [1.807, 2.05) is 11.8 Å². The standard InChI is InChI=1S/C9H15NS2/c1-2-11-6-4-10-7-9-3-5-12-8-9/h3,5,8,10H,2,4,6-7H2,1H3. The Morgan fingerprint density at radius 3 is 3.17 bits per heavy atom. The van der Waals surface area contributed by atoms with Crippen molar-refractivity contribution < 1.29 is 0 Å². The van der Waals surface area contributed by atoms with Crippen LogP contribution in [0, 0.1) is 0 Å². The minimum atomic E-state index is 1.02. The average molecular weight is 201 g/mol. The van der Waals surface area contributed by atoms with Gasteiger partial charge in [0.25, 0.3) is 0 Å². The van der Waals surface area contributed by atoms with Crippen LogP contribution in [0.4, 0.5) is 0 Å². The summed E-state index contributed by atoms with van der Waals surface area (Å²) >= 11 is 3.75. The summed E-state index contributed by atoms with van der Waals surface area (Å²) in [4.78, 5) is 0. The molecule has 0 aliphatic heterocycles. The van der Waals surface area contributed by atoms with Gasteiger partial charge in [0.1, 0.15) is 0 Å². The van der Waals surface area contributed by atoms with E-state index < -0.39 is 0 Å². The number of nitrogens with one attached hydrogen (secondary N) is 1. The van der Waals surface area contributed by atoms with Crippen LogP contribution in [0.15, 0.2) is 16.8 Å². The molecule has 0 aromatic carbocycles. The van der Waals surface area contributed by atoms with Crippen LogP contribution in [0.2, 0.25) is 0 Å². The molecule has 1 aromatic rings. The lowest BCUT2D eigenvalue weighted by atomic mass is 10.3. The van der Waals surface area contributed by atoms with Crippen LogP contribution in [0.5, 0.6) is 0 Å². The summed E-state index contributed by atoms with van der Waals surface area (Å²) in [6.45, 7) is 4.34. The Bertz CT molecular complexity index is 184. The predicted octanol–water partition coefficient (Wildman–Crippen LogP) is 2.59. The van der Waals surface area contributed by atoms with Crippen LogP contribution < -0.4 is 5.32 Å². The molecule has 0 amide bonds. The van der Waals surface area contributed by atoms with Crippen LogP contribution in [-0.2, 0) is 6.54 Å². The smallest absolute Gasteiger partial charge is 0.0214 e. The maximum absolute atomic E-state index is 3.41. The highest BCUT2D eigenvalue weighted by Gasteiger charge is 1.91. The zero-order valence-electron chi connectivity index (χ0n) is 7.38. The fourth-order valence-corrected chi connectivity index (χ4v) is 2.16. The highest BCUT2D eigenvalue weighted by Crippen LogP contribution is 2.04. The van der Waals surface area contributed by atoms with Crippen molar-refractivity contribution in [3.05, 3.63) is 22.4 Å². The summed E-state index contributed by atoms with van der Waals surface area (Å²) in [7, 11) is 0. The maximum Gasteiger partial charge on any atom is 0.0214 e. The van der Waals surface area contributed by atoms with Crippen LogP contribution in [0.3, 0.4) is 0 Å². The third-order valence-corrected chi connectivity index (χ3v) is 3.17. The lowest BCUT2D eigenvalue weighted by Crippen LogP contribution is -2.16. The van der Waals surface area contributed by atoms with Gasteiger partial charge in [-0.15, -0.1) is 0 Å². The Morgan fingerprint density at radius 2 is 2.50 bits per heavy atom. The van der Waals surface area contributed by atoms with E-state index in [0.29, 0.717) is 0 Å². The second kappa shape index (κ2) is 6.52. The summed E-state index contributed by atoms with van der Waals surface area (Å²) < 4.78 is 0. The number of thioether (sulfide) groups is 1. The van der Waals surface area contributed by atoms with Gasteiger partial charge in [-0.25, -0.2) is 0 Å². The first-order valence-electron chi connectivity index (χ1n) is 4.23. The zero-order chi connectivity index (χ0) is 8.65. The van der Waals surface area contributed by atoms with E-state index in [2.05, 4.69) is 29.1 Å². The molecular weight excluding hydrogens is 186 g/mol. The Kier molecular flexibility index (Phi) is 5.48. The molecule has 0 fully saturated rings. The minimum Gasteiger partial charge on any atom is -0.312 e. The highest BCUT2D eigenvalue weighted by atomic mass is 32.2. The van der Waals surface area contributed by atoms with Gasteiger partial charge in [-0.05, 0) is 28.1 Å². The molecule has 1 nitrogen and oxygen atoms in total. The molecule has 0 saturated carbocycles. The summed E-state index contributed by atoms with van der Waals surface area (Å²) in [6.07, 6.45) is 0. The Morgan fingerprint density at radius 1 is 1.58 bits per heavy atom. The van der Waals surface area contributed by atoms with E-state index in [0.717, 1.165) is 13.1 Å². The lowest BCUT2D eigenvalue weighted by Gasteiger charge is -2.01. The molecule has 0 unspecified atom stereocenters. The Labute approximate surface area is 82.6 Å². The molecule has 3 heteroatoms. The van der Waals surface area contributed by atoms with Gasteiger partial charge >= 0.3 is 0 Å². The first-order chi connectivity index (χ1) is 5.93. The lowest BCUT2D eigenvalue weighted by molar-refractivity contribution is 0.734.